The van der Waals surface area contributed by atoms with Gasteiger partial charge in [0.2, 0.25) is 10.0 Å². The lowest BCUT2D eigenvalue weighted by Gasteiger charge is -2.06. The lowest BCUT2D eigenvalue weighted by Crippen LogP contribution is -2.25. The number of rotatable bonds is 7. The number of nitrogens with one attached hydrogen (secondary N) is 1. The molecule has 0 heterocycles. The second-order valence-corrected chi connectivity index (χ2v) is 5.13. The zero-order valence-electron chi connectivity index (χ0n) is 9.68. The summed E-state index contributed by atoms with van der Waals surface area (Å²) < 4.78 is 30.9. The quantitative estimate of drug-likeness (QED) is 0.754. The van der Waals surface area contributed by atoms with E-state index >= 15 is 0 Å². The Morgan fingerprint density at radius 3 is 2.65 bits per heavy atom. The highest BCUT2D eigenvalue weighted by Crippen LogP contribution is 2.21. The number of hydrogen-bond donors (Lipinski definition) is 1. The molecule has 1 aromatic rings. The predicted octanol–water partition coefficient (Wildman–Crippen LogP) is 1.54. The van der Waals surface area contributed by atoms with Crippen molar-refractivity contribution in [2.45, 2.75) is 18.2 Å². The van der Waals surface area contributed by atoms with Crippen LogP contribution in [0.25, 0.3) is 0 Å². The van der Waals surface area contributed by atoms with Crippen LogP contribution in [0.4, 0.5) is 0 Å². The molecule has 0 aliphatic carbocycles. The summed E-state index contributed by atoms with van der Waals surface area (Å²) in [5, 5.41) is 11.4. The van der Waals surface area contributed by atoms with Crippen molar-refractivity contribution in [1.82, 2.24) is 4.72 Å². The molecule has 5 nitrogen and oxygen atoms in total. The summed E-state index contributed by atoms with van der Waals surface area (Å²) in [4.78, 5) is -0.212. The molecule has 1 N–H and O–H groups in total. The van der Waals surface area contributed by atoms with Gasteiger partial charge in [-0.25, -0.2) is 13.1 Å². The van der Waals surface area contributed by atoms with Crippen molar-refractivity contribution in [1.29, 1.82) is 0 Å². The van der Waals surface area contributed by atoms with Crippen LogP contribution in [-0.2, 0) is 19.9 Å². The van der Waals surface area contributed by atoms with E-state index in [9.17, 15) is 13.5 Å². The number of para-hydroxylation sites is 1. The van der Waals surface area contributed by atoms with Gasteiger partial charge in [-0.2, -0.15) is 0 Å². The van der Waals surface area contributed by atoms with Crippen molar-refractivity contribution in [2.24, 2.45) is 0 Å². The molecule has 0 aliphatic rings. The fourth-order valence-electron chi connectivity index (χ4n) is 1.28. The lowest BCUT2D eigenvalue weighted by atomic mass is 10.3. The Kier molecular flexibility index (Phi) is 5.40. The van der Waals surface area contributed by atoms with Crippen molar-refractivity contribution in [3.8, 4) is 5.75 Å². The molecule has 0 saturated heterocycles. The molecule has 0 atom stereocenters. The van der Waals surface area contributed by atoms with E-state index in [1.54, 1.807) is 0 Å². The van der Waals surface area contributed by atoms with Gasteiger partial charge in [0.25, 0.3) is 0 Å². The molecule has 0 saturated carbocycles. The highest BCUT2D eigenvalue weighted by atomic mass is 32.2. The van der Waals surface area contributed by atoms with Crippen LogP contribution in [0, 0.1) is 0 Å². The number of ether oxygens (including phenoxy) is 1. The summed E-state index contributed by atoms with van der Waals surface area (Å²) in [5.41, 5.74) is 0. The average Bonchev–Trinajstić information content (AvgIpc) is 2.29. The average molecular weight is 258 g/mol. The minimum Gasteiger partial charge on any atom is -0.382 e. The second-order valence-electron chi connectivity index (χ2n) is 3.39. The Morgan fingerprint density at radius 1 is 1.29 bits per heavy atom. The molecule has 0 bridgehead atoms. The maximum Gasteiger partial charge on any atom is 0.244 e. The number of sulfonamides is 1. The Labute approximate surface area is 101 Å². The molecule has 0 amide bonds. The molecule has 6 heteroatoms. The largest absolute Gasteiger partial charge is 0.382 e. The van der Waals surface area contributed by atoms with Crippen LogP contribution >= 0.6 is 0 Å². The Balaban J connectivity index is 2.55. The summed E-state index contributed by atoms with van der Waals surface area (Å²) >= 11 is 0. The van der Waals surface area contributed by atoms with Gasteiger partial charge < -0.3 is 4.74 Å². The predicted molar refractivity (Wildman–Crippen MR) is 62.9 cm³/mol. The van der Waals surface area contributed by atoms with Crippen LogP contribution < -0.4 is 4.72 Å². The van der Waals surface area contributed by atoms with Crippen LogP contribution in [-0.4, -0.2) is 28.2 Å². The van der Waals surface area contributed by atoms with E-state index in [1.807, 2.05) is 6.92 Å². The standard InChI is InChI=1S/C11H16NO4S/c1-2-16-9-5-8-12-17(14,15)11-7-4-3-6-10(11)13/h3-4,6-7,12H,2,5,8-9H2,1H3. The summed E-state index contributed by atoms with van der Waals surface area (Å²) in [6, 6.07) is 5.56. The van der Waals surface area contributed by atoms with Gasteiger partial charge in [0, 0.05) is 19.8 Å². The van der Waals surface area contributed by atoms with E-state index < -0.39 is 15.8 Å². The third kappa shape index (κ3) is 4.33. The first-order valence-corrected chi connectivity index (χ1v) is 6.89. The topological polar surface area (TPSA) is 75.3 Å². The van der Waals surface area contributed by atoms with Gasteiger partial charge in [-0.15, -0.1) is 0 Å². The fourth-order valence-corrected chi connectivity index (χ4v) is 2.43. The Bertz CT molecular complexity index is 445. The number of benzene rings is 1. The maximum absolute atomic E-state index is 11.7. The van der Waals surface area contributed by atoms with Crippen LogP contribution in [0.1, 0.15) is 13.3 Å². The smallest absolute Gasteiger partial charge is 0.244 e. The van der Waals surface area contributed by atoms with Gasteiger partial charge in [-0.3, -0.25) is 5.11 Å². The van der Waals surface area contributed by atoms with Crippen molar-refractivity contribution >= 4 is 10.0 Å². The Hall–Kier alpha value is -1.11. The molecule has 1 aromatic carbocycles. The lowest BCUT2D eigenvalue weighted by molar-refractivity contribution is 0.146. The molecular weight excluding hydrogens is 242 g/mol. The first kappa shape index (κ1) is 14.0. The number of hydrogen-bond acceptors (Lipinski definition) is 3. The van der Waals surface area contributed by atoms with Crippen molar-refractivity contribution in [3.05, 3.63) is 24.3 Å². The van der Waals surface area contributed by atoms with Crippen LogP contribution in [0.15, 0.2) is 29.2 Å². The minimum atomic E-state index is -3.70. The molecule has 0 fully saturated rings. The Morgan fingerprint density at radius 2 is 2.00 bits per heavy atom. The van der Waals surface area contributed by atoms with Crippen LogP contribution in [0.3, 0.4) is 0 Å². The van der Waals surface area contributed by atoms with Crippen molar-refractivity contribution in [2.75, 3.05) is 19.8 Å². The molecule has 1 radical (unpaired) electrons. The van der Waals surface area contributed by atoms with Gasteiger partial charge in [0.15, 0.2) is 5.75 Å². The van der Waals surface area contributed by atoms with Crippen LogP contribution in [0.5, 0.6) is 5.75 Å². The molecule has 95 valence electrons. The molecule has 1 rings (SSSR count). The zero-order valence-corrected chi connectivity index (χ0v) is 10.5. The van der Waals surface area contributed by atoms with E-state index in [1.165, 1.54) is 24.3 Å². The van der Waals surface area contributed by atoms with Gasteiger partial charge in [-0.1, -0.05) is 12.1 Å². The van der Waals surface area contributed by atoms with Crippen molar-refractivity contribution in [3.63, 3.8) is 0 Å². The van der Waals surface area contributed by atoms with E-state index in [4.69, 9.17) is 4.74 Å². The monoisotopic (exact) mass is 258 g/mol. The third-order valence-electron chi connectivity index (χ3n) is 2.10. The summed E-state index contributed by atoms with van der Waals surface area (Å²) in [6.45, 7) is 3.24. The van der Waals surface area contributed by atoms with E-state index in [0.29, 0.717) is 19.6 Å². The third-order valence-corrected chi connectivity index (χ3v) is 3.60. The van der Waals surface area contributed by atoms with Crippen molar-refractivity contribution < 1.29 is 18.3 Å². The first-order valence-electron chi connectivity index (χ1n) is 5.41. The summed E-state index contributed by atoms with van der Waals surface area (Å²) in [5.74, 6) is -0.496. The second kappa shape index (κ2) is 6.58. The van der Waals surface area contributed by atoms with Gasteiger partial charge in [0.1, 0.15) is 4.90 Å². The molecular formula is C11H16NO4S. The summed E-state index contributed by atoms with van der Waals surface area (Å²) in [6.07, 6.45) is 0.577. The highest BCUT2D eigenvalue weighted by molar-refractivity contribution is 7.89. The maximum atomic E-state index is 11.7. The van der Waals surface area contributed by atoms with E-state index in [0.717, 1.165) is 0 Å². The SMILES string of the molecule is CCOCCCNS(=O)(=O)c1ccccc1[O]. The molecule has 0 unspecified atom stereocenters. The van der Waals surface area contributed by atoms with E-state index in [-0.39, 0.29) is 11.4 Å². The van der Waals surface area contributed by atoms with Crippen LogP contribution in [0.2, 0.25) is 0 Å². The minimum absolute atomic E-state index is 0.212. The van der Waals surface area contributed by atoms with Gasteiger partial charge in [-0.05, 0) is 25.5 Å². The molecule has 17 heavy (non-hydrogen) atoms. The van der Waals surface area contributed by atoms with Gasteiger partial charge in [0.05, 0.1) is 0 Å². The molecule has 0 spiro atoms. The molecule has 0 aromatic heterocycles. The highest BCUT2D eigenvalue weighted by Gasteiger charge is 2.17. The first-order chi connectivity index (χ1) is 8.08. The summed E-state index contributed by atoms with van der Waals surface area (Å²) in [7, 11) is -3.70. The van der Waals surface area contributed by atoms with Gasteiger partial charge >= 0.3 is 0 Å². The van der Waals surface area contributed by atoms with E-state index in [2.05, 4.69) is 4.72 Å². The molecule has 0 aliphatic heterocycles. The normalized spacial score (nSPS) is 11.6. The zero-order chi connectivity index (χ0) is 12.7. The fraction of sp³-hybridized carbons (Fsp3) is 0.455.